The molecule has 0 spiro atoms. The van der Waals surface area contributed by atoms with E-state index in [9.17, 15) is 9.59 Å². The summed E-state index contributed by atoms with van der Waals surface area (Å²) in [5.74, 6) is 1.70. The van der Waals surface area contributed by atoms with Crippen molar-refractivity contribution >= 4 is 17.2 Å². The molecule has 4 aromatic rings. The van der Waals surface area contributed by atoms with Gasteiger partial charge in [-0.3, -0.25) is 14.0 Å². The third-order valence-corrected chi connectivity index (χ3v) is 6.79. The molecule has 1 fully saturated rings. The van der Waals surface area contributed by atoms with Gasteiger partial charge < -0.3 is 14.8 Å². The fourth-order valence-corrected chi connectivity index (χ4v) is 4.70. The molecular formula is C24H26N6O4S. The number of amides is 1. The van der Waals surface area contributed by atoms with Crippen molar-refractivity contribution in [2.24, 2.45) is 7.05 Å². The first-order valence-corrected chi connectivity index (χ1v) is 12.2. The summed E-state index contributed by atoms with van der Waals surface area (Å²) in [6.07, 6.45) is 1.98. The molecule has 0 atom stereocenters. The summed E-state index contributed by atoms with van der Waals surface area (Å²) in [5.41, 5.74) is 1.56. The topological polar surface area (TPSA) is 105 Å². The molecule has 0 unspecified atom stereocenters. The van der Waals surface area contributed by atoms with Gasteiger partial charge in [0, 0.05) is 25.2 Å². The lowest BCUT2D eigenvalue weighted by molar-refractivity contribution is 0.0942. The zero-order valence-corrected chi connectivity index (χ0v) is 20.5. The van der Waals surface area contributed by atoms with Crippen LogP contribution in [0.2, 0.25) is 0 Å². The van der Waals surface area contributed by atoms with Gasteiger partial charge in [0.25, 0.3) is 5.91 Å². The van der Waals surface area contributed by atoms with Crippen molar-refractivity contribution in [1.29, 1.82) is 0 Å². The molecule has 3 heterocycles. The third-order valence-electron chi connectivity index (χ3n) is 5.93. The van der Waals surface area contributed by atoms with Crippen molar-refractivity contribution in [2.75, 3.05) is 20.8 Å². The molecule has 0 saturated heterocycles. The molecular weight excluding hydrogens is 468 g/mol. The van der Waals surface area contributed by atoms with Crippen LogP contribution in [0.1, 0.15) is 29.4 Å². The number of carbonyl (C=O) groups excluding carboxylic acids is 1. The first-order valence-electron chi connectivity index (χ1n) is 11.3. The summed E-state index contributed by atoms with van der Waals surface area (Å²) in [6.45, 7) is 0.532. The van der Waals surface area contributed by atoms with Gasteiger partial charge in [0.05, 0.1) is 31.3 Å². The Balaban J connectivity index is 1.31. The largest absolute Gasteiger partial charge is 0.497 e. The molecule has 1 aliphatic carbocycles. The van der Waals surface area contributed by atoms with Crippen LogP contribution in [0, 0.1) is 0 Å². The van der Waals surface area contributed by atoms with Gasteiger partial charge in [-0.2, -0.15) is 5.10 Å². The van der Waals surface area contributed by atoms with Gasteiger partial charge in [-0.05, 0) is 48.6 Å². The number of thiophene rings is 1. The molecule has 5 rings (SSSR count). The van der Waals surface area contributed by atoms with E-state index >= 15 is 0 Å². The van der Waals surface area contributed by atoms with Gasteiger partial charge in [-0.15, -0.1) is 16.4 Å². The quantitative estimate of drug-likeness (QED) is 0.384. The molecule has 3 aromatic heterocycles. The second-order valence-corrected chi connectivity index (χ2v) is 9.22. The van der Waals surface area contributed by atoms with Crippen molar-refractivity contribution in [3.63, 3.8) is 0 Å². The molecule has 1 N–H and O–H groups in total. The number of methoxy groups -OCH3 is 2. The van der Waals surface area contributed by atoms with Gasteiger partial charge in [-0.1, -0.05) is 6.07 Å². The Morgan fingerprint density at radius 3 is 2.69 bits per heavy atom. The van der Waals surface area contributed by atoms with Crippen LogP contribution in [0.3, 0.4) is 0 Å². The number of ether oxygens (including phenoxy) is 2. The van der Waals surface area contributed by atoms with Crippen molar-refractivity contribution < 1.29 is 14.3 Å². The highest BCUT2D eigenvalue weighted by Crippen LogP contribution is 2.37. The number of rotatable bonds is 9. The second-order valence-electron chi connectivity index (χ2n) is 8.27. The van der Waals surface area contributed by atoms with Crippen LogP contribution in [0.5, 0.6) is 11.5 Å². The molecule has 10 nitrogen and oxygen atoms in total. The molecule has 0 aliphatic heterocycles. The van der Waals surface area contributed by atoms with E-state index in [4.69, 9.17) is 9.47 Å². The summed E-state index contributed by atoms with van der Waals surface area (Å²) in [5, 5.41) is 13.9. The Hall–Kier alpha value is -3.86. The predicted molar refractivity (Wildman–Crippen MR) is 132 cm³/mol. The standard InChI is InChI=1S/C24H26N6O4S/c1-28-19(14-18(26-28)17-13-16(33-2)8-9-20(17)34-3)23(31)25-10-11-29-24(32)30(15-6-7-15)22(27-29)21-5-4-12-35-21/h4-5,8-9,12-15H,6-7,10-11H2,1-3H3,(H,25,31). The summed E-state index contributed by atoms with van der Waals surface area (Å²) < 4.78 is 15.5. The average molecular weight is 495 g/mol. The molecule has 0 radical (unpaired) electrons. The van der Waals surface area contributed by atoms with Crippen molar-refractivity contribution in [3.8, 4) is 33.5 Å². The Morgan fingerprint density at radius 2 is 2.00 bits per heavy atom. The third kappa shape index (κ3) is 4.46. The average Bonchev–Trinajstić information content (AvgIpc) is 3.26. The van der Waals surface area contributed by atoms with Gasteiger partial charge >= 0.3 is 5.69 Å². The molecule has 0 bridgehead atoms. The summed E-state index contributed by atoms with van der Waals surface area (Å²) in [6, 6.07) is 11.2. The van der Waals surface area contributed by atoms with Crippen LogP contribution < -0.4 is 20.5 Å². The Morgan fingerprint density at radius 1 is 1.17 bits per heavy atom. The SMILES string of the molecule is COc1ccc(OC)c(-c2cc(C(=O)NCCn3nc(-c4cccs4)n(C4CC4)c3=O)n(C)n2)c1. The lowest BCUT2D eigenvalue weighted by Crippen LogP contribution is -2.32. The van der Waals surface area contributed by atoms with Crippen LogP contribution in [-0.4, -0.2) is 50.8 Å². The summed E-state index contributed by atoms with van der Waals surface area (Å²) >= 11 is 1.56. The maximum atomic E-state index is 13.0. The monoisotopic (exact) mass is 494 g/mol. The van der Waals surface area contributed by atoms with E-state index < -0.39 is 0 Å². The van der Waals surface area contributed by atoms with Gasteiger partial charge in [0.1, 0.15) is 17.2 Å². The molecule has 11 heteroatoms. The lowest BCUT2D eigenvalue weighted by atomic mass is 10.1. The Bertz CT molecular complexity index is 1410. The number of aryl methyl sites for hydroxylation is 1. The van der Waals surface area contributed by atoms with Crippen molar-refractivity contribution in [3.05, 3.63) is 58.0 Å². The van der Waals surface area contributed by atoms with Crippen molar-refractivity contribution in [1.82, 2.24) is 29.4 Å². The van der Waals surface area contributed by atoms with Crippen LogP contribution in [0.25, 0.3) is 22.0 Å². The first-order chi connectivity index (χ1) is 17.0. The van der Waals surface area contributed by atoms with Gasteiger partial charge in [0.2, 0.25) is 0 Å². The van der Waals surface area contributed by atoms with Crippen LogP contribution in [0.4, 0.5) is 0 Å². The van der Waals surface area contributed by atoms with Crippen molar-refractivity contribution in [2.45, 2.75) is 25.4 Å². The van der Waals surface area contributed by atoms with Crippen LogP contribution in [0.15, 0.2) is 46.6 Å². The van der Waals surface area contributed by atoms with E-state index in [1.54, 1.807) is 55.4 Å². The fraction of sp³-hybridized carbons (Fsp3) is 0.333. The van der Waals surface area contributed by atoms with E-state index in [-0.39, 0.29) is 30.7 Å². The van der Waals surface area contributed by atoms with Gasteiger partial charge in [0.15, 0.2) is 5.82 Å². The summed E-state index contributed by atoms with van der Waals surface area (Å²) in [7, 11) is 4.88. The lowest BCUT2D eigenvalue weighted by Gasteiger charge is -2.08. The number of aromatic nitrogens is 5. The maximum Gasteiger partial charge on any atom is 0.346 e. The molecule has 1 amide bonds. The van der Waals surface area contributed by atoms with Gasteiger partial charge in [-0.25, -0.2) is 9.48 Å². The highest BCUT2D eigenvalue weighted by Gasteiger charge is 2.30. The number of benzene rings is 1. The predicted octanol–water partition coefficient (Wildman–Crippen LogP) is 2.96. The van der Waals surface area contributed by atoms with E-state index in [2.05, 4.69) is 15.5 Å². The molecule has 1 aromatic carbocycles. The zero-order chi connectivity index (χ0) is 24.5. The maximum absolute atomic E-state index is 13.0. The van der Waals surface area contributed by atoms with E-state index in [0.717, 1.165) is 23.3 Å². The highest BCUT2D eigenvalue weighted by atomic mass is 32.1. The highest BCUT2D eigenvalue weighted by molar-refractivity contribution is 7.13. The Kier molecular flexibility index (Phi) is 6.16. The fourth-order valence-electron chi connectivity index (χ4n) is 3.99. The minimum atomic E-state index is -0.290. The molecule has 182 valence electrons. The molecule has 1 saturated carbocycles. The summed E-state index contributed by atoms with van der Waals surface area (Å²) in [4.78, 5) is 26.8. The molecule has 35 heavy (non-hydrogen) atoms. The van der Waals surface area contributed by atoms with E-state index in [1.807, 2.05) is 23.6 Å². The number of carbonyl (C=O) groups is 1. The number of hydrogen-bond donors (Lipinski definition) is 1. The zero-order valence-electron chi connectivity index (χ0n) is 19.7. The van der Waals surface area contributed by atoms with Crippen LogP contribution >= 0.6 is 11.3 Å². The van der Waals surface area contributed by atoms with E-state index in [0.29, 0.717) is 28.7 Å². The molecule has 1 aliphatic rings. The smallest absolute Gasteiger partial charge is 0.346 e. The number of hydrogen-bond acceptors (Lipinski definition) is 7. The minimum Gasteiger partial charge on any atom is -0.497 e. The number of nitrogens with zero attached hydrogens (tertiary/aromatic N) is 5. The first kappa shape index (κ1) is 22.9. The Labute approximate surface area is 205 Å². The normalized spacial score (nSPS) is 13.1. The number of nitrogens with one attached hydrogen (secondary N) is 1. The second kappa shape index (κ2) is 9.41. The van der Waals surface area contributed by atoms with Crippen LogP contribution in [-0.2, 0) is 13.6 Å². The van der Waals surface area contributed by atoms with E-state index in [1.165, 1.54) is 9.36 Å². The minimum absolute atomic E-state index is 0.141.